The van der Waals surface area contributed by atoms with Crippen LogP contribution in [0.3, 0.4) is 0 Å². The van der Waals surface area contributed by atoms with Crippen LogP contribution in [0.2, 0.25) is 0 Å². The van der Waals surface area contributed by atoms with Crippen molar-refractivity contribution in [1.29, 1.82) is 0 Å². The van der Waals surface area contributed by atoms with Gasteiger partial charge in [-0.15, -0.1) is 0 Å². The Morgan fingerprint density at radius 1 is 1.41 bits per heavy atom. The molecule has 92 valence electrons. The fourth-order valence-corrected chi connectivity index (χ4v) is 2.10. The molecule has 1 fully saturated rings. The number of hydrogen-bond donors (Lipinski definition) is 0. The fourth-order valence-electron chi connectivity index (χ4n) is 2.10. The molecule has 0 unspecified atom stereocenters. The highest BCUT2D eigenvalue weighted by Crippen LogP contribution is 2.32. The molecule has 1 saturated heterocycles. The van der Waals surface area contributed by atoms with E-state index in [1.807, 2.05) is 13.0 Å². The van der Waals surface area contributed by atoms with Gasteiger partial charge in [0, 0.05) is 24.8 Å². The van der Waals surface area contributed by atoms with Crippen LogP contribution in [0.1, 0.15) is 19.8 Å². The molecule has 0 aliphatic carbocycles. The number of ether oxygens (including phenoxy) is 1. The van der Waals surface area contributed by atoms with Gasteiger partial charge in [-0.1, -0.05) is 0 Å². The van der Waals surface area contributed by atoms with Crippen LogP contribution in [0.4, 0.5) is 11.4 Å². The van der Waals surface area contributed by atoms with Gasteiger partial charge in [-0.2, -0.15) is 0 Å². The molecule has 1 heterocycles. The van der Waals surface area contributed by atoms with Crippen molar-refractivity contribution in [3.8, 4) is 5.75 Å². The van der Waals surface area contributed by atoms with Gasteiger partial charge < -0.3 is 9.64 Å². The summed E-state index contributed by atoms with van der Waals surface area (Å²) in [6.45, 7) is 4.21. The summed E-state index contributed by atoms with van der Waals surface area (Å²) >= 11 is 0. The molecule has 0 saturated carbocycles. The molecular formula is C12H16N2O3. The molecule has 0 radical (unpaired) electrons. The van der Waals surface area contributed by atoms with Gasteiger partial charge in [-0.05, 0) is 31.9 Å². The minimum Gasteiger partial charge on any atom is -0.487 e. The predicted molar refractivity (Wildman–Crippen MR) is 65.7 cm³/mol. The van der Waals surface area contributed by atoms with Gasteiger partial charge in [0.25, 0.3) is 0 Å². The molecule has 1 aromatic carbocycles. The van der Waals surface area contributed by atoms with Crippen LogP contribution in [-0.2, 0) is 0 Å². The van der Waals surface area contributed by atoms with Crippen LogP contribution < -0.4 is 9.64 Å². The zero-order valence-corrected chi connectivity index (χ0v) is 9.89. The lowest BCUT2D eigenvalue weighted by Gasteiger charge is -2.17. The Balaban J connectivity index is 2.30. The largest absolute Gasteiger partial charge is 0.487 e. The molecule has 0 bridgehead atoms. The van der Waals surface area contributed by atoms with Crippen molar-refractivity contribution < 1.29 is 9.66 Å². The molecule has 2 rings (SSSR count). The van der Waals surface area contributed by atoms with Crippen LogP contribution in [0.5, 0.6) is 5.75 Å². The van der Waals surface area contributed by atoms with Gasteiger partial charge in [-0.3, -0.25) is 10.1 Å². The first-order chi connectivity index (χ1) is 8.22. The van der Waals surface area contributed by atoms with E-state index in [-0.39, 0.29) is 10.6 Å². The highest BCUT2D eigenvalue weighted by molar-refractivity contribution is 5.60. The number of rotatable bonds is 4. The highest BCUT2D eigenvalue weighted by Gasteiger charge is 2.19. The molecule has 0 spiro atoms. The van der Waals surface area contributed by atoms with Gasteiger partial charge in [0.2, 0.25) is 0 Å². The van der Waals surface area contributed by atoms with Crippen molar-refractivity contribution in [2.24, 2.45) is 0 Å². The lowest BCUT2D eigenvalue weighted by atomic mass is 10.2. The van der Waals surface area contributed by atoms with E-state index in [2.05, 4.69) is 4.90 Å². The maximum absolute atomic E-state index is 11.0. The topological polar surface area (TPSA) is 55.6 Å². The third-order valence-electron chi connectivity index (χ3n) is 2.91. The Morgan fingerprint density at radius 3 is 2.71 bits per heavy atom. The average Bonchev–Trinajstić information content (AvgIpc) is 2.83. The maximum Gasteiger partial charge on any atom is 0.312 e. The van der Waals surface area contributed by atoms with E-state index in [1.54, 1.807) is 12.1 Å². The van der Waals surface area contributed by atoms with Gasteiger partial charge in [0.15, 0.2) is 5.75 Å². The first-order valence-corrected chi connectivity index (χ1v) is 5.88. The molecule has 1 aliphatic rings. The Hall–Kier alpha value is -1.78. The van der Waals surface area contributed by atoms with E-state index < -0.39 is 0 Å². The smallest absolute Gasteiger partial charge is 0.312 e. The summed E-state index contributed by atoms with van der Waals surface area (Å²) in [5, 5.41) is 11.0. The van der Waals surface area contributed by atoms with Crippen LogP contribution >= 0.6 is 0 Å². The van der Waals surface area contributed by atoms with Crippen LogP contribution in [0.15, 0.2) is 18.2 Å². The van der Waals surface area contributed by atoms with Crippen LogP contribution in [0.25, 0.3) is 0 Å². The summed E-state index contributed by atoms with van der Waals surface area (Å²) in [5.41, 5.74) is 0.967. The predicted octanol–water partition coefficient (Wildman–Crippen LogP) is 2.59. The quantitative estimate of drug-likeness (QED) is 0.595. The Bertz CT molecular complexity index is 414. The Morgan fingerprint density at radius 2 is 2.12 bits per heavy atom. The SMILES string of the molecule is CCOc1ccc(N2CCCC2)cc1[N+](=O)[O-]. The maximum atomic E-state index is 11.0. The zero-order chi connectivity index (χ0) is 12.3. The highest BCUT2D eigenvalue weighted by atomic mass is 16.6. The van der Waals surface area contributed by atoms with Gasteiger partial charge in [0.1, 0.15) is 0 Å². The normalized spacial score (nSPS) is 15.0. The van der Waals surface area contributed by atoms with Crippen molar-refractivity contribution in [3.63, 3.8) is 0 Å². The van der Waals surface area contributed by atoms with Crippen molar-refractivity contribution >= 4 is 11.4 Å². The number of nitro groups is 1. The summed E-state index contributed by atoms with van der Waals surface area (Å²) in [5.74, 6) is 0.348. The number of benzene rings is 1. The molecule has 0 amide bonds. The number of nitrogens with zero attached hydrogens (tertiary/aromatic N) is 2. The molecule has 0 aromatic heterocycles. The van der Waals surface area contributed by atoms with Crippen LogP contribution in [0, 0.1) is 10.1 Å². The van der Waals surface area contributed by atoms with E-state index in [1.165, 1.54) is 0 Å². The van der Waals surface area contributed by atoms with Gasteiger partial charge in [-0.25, -0.2) is 0 Å². The minimum absolute atomic E-state index is 0.0521. The second-order valence-electron chi connectivity index (χ2n) is 4.04. The first-order valence-electron chi connectivity index (χ1n) is 5.88. The third-order valence-corrected chi connectivity index (χ3v) is 2.91. The van der Waals surface area contributed by atoms with E-state index in [9.17, 15) is 10.1 Å². The summed E-state index contributed by atoms with van der Waals surface area (Å²) in [7, 11) is 0. The van der Waals surface area contributed by atoms with Crippen molar-refractivity contribution in [2.45, 2.75) is 19.8 Å². The number of anilines is 1. The molecular weight excluding hydrogens is 220 g/mol. The van der Waals surface area contributed by atoms with Crippen molar-refractivity contribution in [3.05, 3.63) is 28.3 Å². The molecule has 1 aliphatic heterocycles. The summed E-state index contributed by atoms with van der Waals surface area (Å²) in [6.07, 6.45) is 2.31. The van der Waals surface area contributed by atoms with Crippen molar-refractivity contribution in [2.75, 3.05) is 24.6 Å². The van der Waals surface area contributed by atoms with Gasteiger partial charge in [0.05, 0.1) is 11.5 Å². The molecule has 17 heavy (non-hydrogen) atoms. The van der Waals surface area contributed by atoms with Crippen molar-refractivity contribution in [1.82, 2.24) is 0 Å². The second-order valence-corrected chi connectivity index (χ2v) is 4.04. The molecule has 5 heteroatoms. The van der Waals surface area contributed by atoms with Crippen LogP contribution in [-0.4, -0.2) is 24.6 Å². The summed E-state index contributed by atoms with van der Waals surface area (Å²) in [4.78, 5) is 12.8. The second kappa shape index (κ2) is 5.03. The minimum atomic E-state index is -0.384. The standard InChI is InChI=1S/C12H16N2O3/c1-2-17-12-6-5-10(9-11(12)14(15)16)13-7-3-4-8-13/h5-6,9H,2-4,7-8H2,1H3. The third kappa shape index (κ3) is 2.49. The average molecular weight is 236 g/mol. The first kappa shape index (κ1) is 11.7. The zero-order valence-electron chi connectivity index (χ0n) is 9.89. The lowest BCUT2D eigenvalue weighted by molar-refractivity contribution is -0.385. The summed E-state index contributed by atoms with van der Waals surface area (Å²) in [6, 6.07) is 5.19. The van der Waals surface area contributed by atoms with E-state index in [4.69, 9.17) is 4.74 Å². The Kier molecular flexibility index (Phi) is 3.46. The molecule has 0 atom stereocenters. The van der Waals surface area contributed by atoms with E-state index >= 15 is 0 Å². The molecule has 5 nitrogen and oxygen atoms in total. The number of nitro benzene ring substituents is 1. The van der Waals surface area contributed by atoms with Gasteiger partial charge >= 0.3 is 5.69 Å². The van der Waals surface area contributed by atoms with E-state index in [0.717, 1.165) is 31.6 Å². The number of hydrogen-bond acceptors (Lipinski definition) is 4. The summed E-state index contributed by atoms with van der Waals surface area (Å²) < 4.78 is 5.26. The lowest BCUT2D eigenvalue weighted by Crippen LogP contribution is -2.17. The monoisotopic (exact) mass is 236 g/mol. The Labute approximate surface area is 100 Å². The van der Waals surface area contributed by atoms with E-state index in [0.29, 0.717) is 12.4 Å². The fraction of sp³-hybridized carbons (Fsp3) is 0.500. The molecule has 1 aromatic rings. The molecule has 0 N–H and O–H groups in total.